The maximum atomic E-state index is 13.3. The molecule has 0 saturated heterocycles. The third-order valence-corrected chi connectivity index (χ3v) is 2.68. The molecule has 1 amide bonds. The molecule has 1 saturated carbocycles. The summed E-state index contributed by atoms with van der Waals surface area (Å²) in [5.41, 5.74) is -1.29. The molecule has 2 N–H and O–H groups in total. The first-order valence-electron chi connectivity index (χ1n) is 5.76. The van der Waals surface area contributed by atoms with Crippen LogP contribution in [0.25, 0.3) is 0 Å². The fourth-order valence-corrected chi connectivity index (χ4v) is 1.52. The fourth-order valence-electron chi connectivity index (χ4n) is 1.52. The van der Waals surface area contributed by atoms with Crippen molar-refractivity contribution in [3.63, 3.8) is 0 Å². The van der Waals surface area contributed by atoms with Gasteiger partial charge in [0.1, 0.15) is 5.82 Å². The average Bonchev–Trinajstić information content (AvgIpc) is 3.10. The van der Waals surface area contributed by atoms with Gasteiger partial charge in [0.25, 0.3) is 0 Å². The molecule has 0 radical (unpaired) electrons. The maximum absolute atomic E-state index is 13.3. The van der Waals surface area contributed by atoms with Gasteiger partial charge in [0.2, 0.25) is 5.91 Å². The summed E-state index contributed by atoms with van der Waals surface area (Å²) < 4.78 is 50.7. The van der Waals surface area contributed by atoms with Crippen LogP contribution in [0.5, 0.6) is 0 Å². The van der Waals surface area contributed by atoms with Crippen LogP contribution in [0.4, 0.5) is 23.2 Å². The van der Waals surface area contributed by atoms with Crippen LogP contribution in [-0.2, 0) is 11.0 Å². The van der Waals surface area contributed by atoms with E-state index < -0.39 is 17.6 Å². The van der Waals surface area contributed by atoms with Crippen LogP contribution >= 0.6 is 0 Å². The van der Waals surface area contributed by atoms with Crippen LogP contribution in [0.2, 0.25) is 0 Å². The molecule has 3 nitrogen and oxygen atoms in total. The lowest BCUT2D eigenvalue weighted by Gasteiger charge is -2.11. The van der Waals surface area contributed by atoms with E-state index in [0.29, 0.717) is 12.1 Å². The van der Waals surface area contributed by atoms with E-state index in [9.17, 15) is 22.4 Å². The minimum atomic E-state index is -4.54. The highest BCUT2D eigenvalue weighted by Gasteiger charge is 2.31. The van der Waals surface area contributed by atoms with Gasteiger partial charge in [-0.2, -0.15) is 13.2 Å². The van der Waals surface area contributed by atoms with Gasteiger partial charge in [-0.3, -0.25) is 4.79 Å². The van der Waals surface area contributed by atoms with Crippen molar-refractivity contribution < 1.29 is 22.4 Å². The summed E-state index contributed by atoms with van der Waals surface area (Å²) >= 11 is 0. The first-order chi connectivity index (χ1) is 8.86. The van der Waals surface area contributed by atoms with Gasteiger partial charge >= 0.3 is 6.18 Å². The zero-order chi connectivity index (χ0) is 14.0. The smallest absolute Gasteiger partial charge is 0.374 e. The van der Waals surface area contributed by atoms with Crippen molar-refractivity contribution in [1.82, 2.24) is 5.32 Å². The van der Waals surface area contributed by atoms with Gasteiger partial charge in [-0.05, 0) is 31.0 Å². The van der Waals surface area contributed by atoms with E-state index >= 15 is 0 Å². The van der Waals surface area contributed by atoms with E-state index in [4.69, 9.17) is 0 Å². The van der Waals surface area contributed by atoms with Crippen LogP contribution in [0.3, 0.4) is 0 Å². The third kappa shape index (κ3) is 3.84. The van der Waals surface area contributed by atoms with Crippen LogP contribution in [0.1, 0.15) is 18.4 Å². The van der Waals surface area contributed by atoms with Crippen LogP contribution < -0.4 is 10.6 Å². The molecule has 0 unspecified atom stereocenters. The van der Waals surface area contributed by atoms with E-state index in [1.165, 1.54) is 0 Å². The zero-order valence-electron chi connectivity index (χ0n) is 9.85. The topological polar surface area (TPSA) is 41.1 Å². The summed E-state index contributed by atoms with van der Waals surface area (Å²) in [6, 6.07) is 2.19. The molecule has 0 heterocycles. The summed E-state index contributed by atoms with van der Waals surface area (Å²) in [5, 5.41) is 5.01. The Bertz CT molecular complexity index is 483. The molecule has 104 valence electrons. The fraction of sp³-hybridized carbons (Fsp3) is 0.417. The molecule has 0 atom stereocenters. The van der Waals surface area contributed by atoms with Gasteiger partial charge in [0, 0.05) is 6.04 Å². The number of alkyl halides is 3. The molecule has 1 aromatic rings. The van der Waals surface area contributed by atoms with Gasteiger partial charge in [0.05, 0.1) is 17.8 Å². The van der Waals surface area contributed by atoms with Gasteiger partial charge in [0.15, 0.2) is 0 Å². The lowest BCUT2D eigenvalue weighted by atomic mass is 10.2. The number of carbonyl (C=O) groups is 1. The van der Waals surface area contributed by atoms with E-state index in [0.717, 1.165) is 18.9 Å². The highest BCUT2D eigenvalue weighted by molar-refractivity contribution is 5.81. The van der Waals surface area contributed by atoms with Crippen LogP contribution in [0.15, 0.2) is 18.2 Å². The zero-order valence-corrected chi connectivity index (χ0v) is 9.85. The SMILES string of the molecule is O=C(CNc1cc(C(F)(F)F)ccc1F)NC1CC1. The largest absolute Gasteiger partial charge is 0.416 e. The molecule has 1 fully saturated rings. The maximum Gasteiger partial charge on any atom is 0.416 e. The second-order valence-corrected chi connectivity index (χ2v) is 4.39. The number of hydrogen-bond donors (Lipinski definition) is 2. The molecule has 19 heavy (non-hydrogen) atoms. The van der Waals surface area contributed by atoms with Gasteiger partial charge in [-0.15, -0.1) is 0 Å². The Morgan fingerprint density at radius 2 is 2.00 bits per heavy atom. The van der Waals surface area contributed by atoms with Crippen LogP contribution in [0, 0.1) is 5.82 Å². The van der Waals surface area contributed by atoms with E-state index in [2.05, 4.69) is 10.6 Å². The van der Waals surface area contributed by atoms with E-state index in [-0.39, 0.29) is 24.2 Å². The van der Waals surface area contributed by atoms with Gasteiger partial charge in [-0.1, -0.05) is 0 Å². The number of halogens is 4. The molecule has 0 bridgehead atoms. The van der Waals surface area contributed by atoms with Gasteiger partial charge < -0.3 is 10.6 Å². The average molecular weight is 276 g/mol. The second-order valence-electron chi connectivity index (χ2n) is 4.39. The number of carbonyl (C=O) groups excluding carboxylic acids is 1. The normalized spacial score (nSPS) is 15.2. The molecule has 1 aliphatic carbocycles. The highest BCUT2D eigenvalue weighted by atomic mass is 19.4. The molecule has 1 aromatic carbocycles. The molecule has 7 heteroatoms. The summed E-state index contributed by atoms with van der Waals surface area (Å²) in [5.74, 6) is -1.19. The van der Waals surface area contributed by atoms with Crippen molar-refractivity contribution in [2.75, 3.05) is 11.9 Å². The van der Waals surface area contributed by atoms with E-state index in [1.54, 1.807) is 0 Å². The van der Waals surface area contributed by atoms with Gasteiger partial charge in [-0.25, -0.2) is 4.39 Å². The van der Waals surface area contributed by atoms with Crippen LogP contribution in [-0.4, -0.2) is 18.5 Å². The molecule has 2 rings (SSSR count). The monoisotopic (exact) mass is 276 g/mol. The second kappa shape index (κ2) is 5.07. The van der Waals surface area contributed by atoms with Crippen molar-refractivity contribution in [2.24, 2.45) is 0 Å². The first kappa shape index (κ1) is 13.6. The summed E-state index contributed by atoms with van der Waals surface area (Å²) in [4.78, 5) is 11.3. The summed E-state index contributed by atoms with van der Waals surface area (Å²) in [6.45, 7) is -0.255. The Labute approximate surface area is 107 Å². The minimum Gasteiger partial charge on any atom is -0.374 e. The number of rotatable bonds is 4. The minimum absolute atomic E-state index is 0.153. The molecule has 0 aliphatic heterocycles. The standard InChI is InChI=1S/C12H12F4N2O/c13-9-4-1-7(12(14,15)16)5-10(9)17-6-11(19)18-8-2-3-8/h1,4-5,8,17H,2-3,6H2,(H,18,19). The van der Waals surface area contributed by atoms with Crippen molar-refractivity contribution in [1.29, 1.82) is 0 Å². The lowest BCUT2D eigenvalue weighted by molar-refractivity contribution is -0.137. The first-order valence-corrected chi connectivity index (χ1v) is 5.76. The third-order valence-electron chi connectivity index (χ3n) is 2.68. The Kier molecular flexibility index (Phi) is 3.64. The number of hydrogen-bond acceptors (Lipinski definition) is 2. The van der Waals surface area contributed by atoms with E-state index in [1.807, 2.05) is 0 Å². The Morgan fingerprint density at radius 3 is 2.58 bits per heavy atom. The number of nitrogens with one attached hydrogen (secondary N) is 2. The number of amides is 1. The molecule has 0 aromatic heterocycles. The summed E-state index contributed by atoms with van der Waals surface area (Å²) in [6.07, 6.45) is -2.73. The molecular weight excluding hydrogens is 264 g/mol. The van der Waals surface area contributed by atoms with Crippen molar-refractivity contribution in [2.45, 2.75) is 25.1 Å². The predicted octanol–water partition coefficient (Wildman–Crippen LogP) is 2.54. The molecular formula is C12H12F4N2O. The van der Waals surface area contributed by atoms with Crippen molar-refractivity contribution in [3.8, 4) is 0 Å². The number of anilines is 1. The Morgan fingerprint density at radius 1 is 1.32 bits per heavy atom. The Hall–Kier alpha value is -1.79. The van der Waals surface area contributed by atoms with Crippen molar-refractivity contribution >= 4 is 11.6 Å². The number of benzene rings is 1. The summed E-state index contributed by atoms with van der Waals surface area (Å²) in [7, 11) is 0. The lowest BCUT2D eigenvalue weighted by Crippen LogP contribution is -2.31. The molecule has 0 spiro atoms. The Balaban J connectivity index is 2.00. The predicted molar refractivity (Wildman–Crippen MR) is 61.1 cm³/mol. The van der Waals surface area contributed by atoms with Crippen molar-refractivity contribution in [3.05, 3.63) is 29.6 Å². The molecule has 1 aliphatic rings. The highest BCUT2D eigenvalue weighted by Crippen LogP contribution is 2.31. The quantitative estimate of drug-likeness (QED) is 0.830.